The van der Waals surface area contributed by atoms with Gasteiger partial charge in [-0.05, 0) is 30.9 Å². The van der Waals surface area contributed by atoms with Gasteiger partial charge in [0, 0.05) is 31.6 Å². The minimum atomic E-state index is -0.460. The molecule has 1 heterocycles. The molecule has 2 aliphatic carbocycles. The van der Waals surface area contributed by atoms with E-state index in [0.29, 0.717) is 6.42 Å². The molecular formula is C19H26O6. The van der Waals surface area contributed by atoms with E-state index < -0.39 is 17.6 Å². The van der Waals surface area contributed by atoms with Crippen LogP contribution in [0.2, 0.25) is 0 Å². The number of carbonyl (C=O) groups excluding carboxylic acids is 3. The van der Waals surface area contributed by atoms with Crippen molar-refractivity contribution in [1.82, 2.24) is 0 Å². The van der Waals surface area contributed by atoms with E-state index in [1.54, 1.807) is 0 Å². The van der Waals surface area contributed by atoms with E-state index in [0.717, 1.165) is 24.0 Å². The summed E-state index contributed by atoms with van der Waals surface area (Å²) < 4.78 is 16.8. The smallest absolute Gasteiger partial charge is 0.309 e. The van der Waals surface area contributed by atoms with E-state index in [9.17, 15) is 14.4 Å². The normalized spacial score (nSPS) is 40.0. The number of carbonyl (C=O) groups is 3. The summed E-state index contributed by atoms with van der Waals surface area (Å²) >= 11 is 0. The second-order valence-electron chi connectivity index (χ2n) is 7.79. The summed E-state index contributed by atoms with van der Waals surface area (Å²) in [6.45, 7) is 8.66. The minimum Gasteiger partial charge on any atom is -0.461 e. The highest BCUT2D eigenvalue weighted by Crippen LogP contribution is 2.56. The molecule has 138 valence electrons. The Hall–Kier alpha value is -1.85. The van der Waals surface area contributed by atoms with Gasteiger partial charge in [0.15, 0.2) is 0 Å². The van der Waals surface area contributed by atoms with Gasteiger partial charge in [0.25, 0.3) is 0 Å². The molecule has 6 heteroatoms. The number of esters is 3. The van der Waals surface area contributed by atoms with Gasteiger partial charge in [0.1, 0.15) is 18.3 Å². The summed E-state index contributed by atoms with van der Waals surface area (Å²) in [6, 6.07) is 0. The van der Waals surface area contributed by atoms with Crippen molar-refractivity contribution in [2.24, 2.45) is 17.3 Å². The van der Waals surface area contributed by atoms with Crippen molar-refractivity contribution in [2.75, 3.05) is 0 Å². The van der Waals surface area contributed by atoms with Crippen LogP contribution in [-0.4, -0.2) is 36.2 Å². The van der Waals surface area contributed by atoms with Crippen molar-refractivity contribution in [1.29, 1.82) is 0 Å². The molecule has 1 aliphatic heterocycles. The van der Waals surface area contributed by atoms with Crippen LogP contribution in [0, 0.1) is 17.3 Å². The molecule has 1 saturated heterocycles. The molecule has 0 aromatic carbocycles. The molecule has 0 N–H and O–H groups in total. The van der Waals surface area contributed by atoms with Gasteiger partial charge >= 0.3 is 17.9 Å². The lowest BCUT2D eigenvalue weighted by Gasteiger charge is -2.51. The third-order valence-electron chi connectivity index (χ3n) is 6.21. The topological polar surface area (TPSA) is 78.9 Å². The summed E-state index contributed by atoms with van der Waals surface area (Å²) in [7, 11) is 0. The van der Waals surface area contributed by atoms with Crippen molar-refractivity contribution < 1.29 is 28.6 Å². The van der Waals surface area contributed by atoms with Gasteiger partial charge in [0.05, 0.1) is 5.92 Å². The van der Waals surface area contributed by atoms with Crippen LogP contribution in [0.4, 0.5) is 0 Å². The molecule has 6 nitrogen and oxygen atoms in total. The van der Waals surface area contributed by atoms with Gasteiger partial charge in [-0.1, -0.05) is 13.8 Å². The van der Waals surface area contributed by atoms with Crippen molar-refractivity contribution in [3.05, 3.63) is 11.1 Å². The van der Waals surface area contributed by atoms with E-state index >= 15 is 0 Å². The second-order valence-corrected chi connectivity index (χ2v) is 7.79. The quantitative estimate of drug-likeness (QED) is 0.433. The van der Waals surface area contributed by atoms with Gasteiger partial charge in [-0.2, -0.15) is 0 Å². The molecule has 0 bridgehead atoms. The largest absolute Gasteiger partial charge is 0.461 e. The average Bonchev–Trinajstić information content (AvgIpc) is 2.78. The monoisotopic (exact) mass is 350 g/mol. The lowest BCUT2D eigenvalue weighted by atomic mass is 9.57. The first-order chi connectivity index (χ1) is 11.6. The fraction of sp³-hybridized carbons (Fsp3) is 0.737. The molecule has 6 unspecified atom stereocenters. The van der Waals surface area contributed by atoms with E-state index in [2.05, 4.69) is 6.92 Å². The Morgan fingerprint density at radius 3 is 2.44 bits per heavy atom. The van der Waals surface area contributed by atoms with Crippen LogP contribution in [0.5, 0.6) is 0 Å². The summed E-state index contributed by atoms with van der Waals surface area (Å²) in [5.41, 5.74) is 1.50. The highest BCUT2D eigenvalue weighted by molar-refractivity contribution is 5.76. The molecule has 0 aromatic rings. The predicted molar refractivity (Wildman–Crippen MR) is 88.3 cm³/mol. The molecule has 0 amide bonds. The van der Waals surface area contributed by atoms with Crippen LogP contribution in [0.3, 0.4) is 0 Å². The molecule has 3 rings (SSSR count). The van der Waals surface area contributed by atoms with Crippen LogP contribution in [-0.2, 0) is 28.6 Å². The number of fused-ring (bicyclic) bond motifs is 3. The first kappa shape index (κ1) is 18.0. The maximum absolute atomic E-state index is 12.1. The minimum absolute atomic E-state index is 0.125. The van der Waals surface area contributed by atoms with Crippen molar-refractivity contribution in [2.45, 2.75) is 72.2 Å². The molecule has 25 heavy (non-hydrogen) atoms. The van der Waals surface area contributed by atoms with Gasteiger partial charge in [-0.15, -0.1) is 0 Å². The Morgan fingerprint density at radius 2 is 1.84 bits per heavy atom. The molecule has 0 radical (unpaired) electrons. The summed E-state index contributed by atoms with van der Waals surface area (Å²) in [4.78, 5) is 35.3. The predicted octanol–water partition coefficient (Wildman–Crippen LogP) is 2.55. The SMILES string of the molecule is CC(=O)OC1CC(OC(C)=O)C2(C)CCC3C(C)C(=O)OC3C2=C1C. The Balaban J connectivity index is 2.06. The zero-order valence-corrected chi connectivity index (χ0v) is 15.5. The summed E-state index contributed by atoms with van der Waals surface area (Å²) in [6.07, 6.45) is 0.916. The first-order valence-electron chi connectivity index (χ1n) is 8.91. The zero-order chi connectivity index (χ0) is 18.5. The van der Waals surface area contributed by atoms with Crippen LogP contribution < -0.4 is 0 Å². The maximum atomic E-state index is 12.1. The number of hydrogen-bond donors (Lipinski definition) is 0. The third-order valence-corrected chi connectivity index (χ3v) is 6.21. The van der Waals surface area contributed by atoms with E-state index in [-0.39, 0.29) is 35.8 Å². The van der Waals surface area contributed by atoms with Gasteiger partial charge in [0.2, 0.25) is 0 Å². The van der Waals surface area contributed by atoms with Crippen LogP contribution >= 0.6 is 0 Å². The fourth-order valence-electron chi connectivity index (χ4n) is 4.89. The number of rotatable bonds is 2. The summed E-state index contributed by atoms with van der Waals surface area (Å²) in [5, 5.41) is 0. The molecule has 2 fully saturated rings. The highest BCUT2D eigenvalue weighted by atomic mass is 16.6. The molecular weight excluding hydrogens is 324 g/mol. The first-order valence-corrected chi connectivity index (χ1v) is 8.91. The molecule has 3 aliphatic rings. The number of ether oxygens (including phenoxy) is 3. The van der Waals surface area contributed by atoms with Crippen LogP contribution in [0.25, 0.3) is 0 Å². The van der Waals surface area contributed by atoms with Crippen molar-refractivity contribution in [3.8, 4) is 0 Å². The highest BCUT2D eigenvalue weighted by Gasteiger charge is 2.58. The molecule has 6 atom stereocenters. The fourth-order valence-corrected chi connectivity index (χ4v) is 4.89. The van der Waals surface area contributed by atoms with Gasteiger partial charge < -0.3 is 14.2 Å². The van der Waals surface area contributed by atoms with E-state index in [4.69, 9.17) is 14.2 Å². The average molecular weight is 350 g/mol. The maximum Gasteiger partial charge on any atom is 0.309 e. The van der Waals surface area contributed by atoms with E-state index in [1.807, 2.05) is 13.8 Å². The Labute approximate surface area is 147 Å². The van der Waals surface area contributed by atoms with Crippen LogP contribution in [0.1, 0.15) is 53.9 Å². The Bertz CT molecular complexity index is 650. The second kappa shape index (κ2) is 6.15. The molecule has 0 aromatic heterocycles. The molecule has 1 saturated carbocycles. The van der Waals surface area contributed by atoms with Crippen LogP contribution in [0.15, 0.2) is 11.1 Å². The standard InChI is InChI=1S/C19H26O6/c1-9-13-6-7-19(5)15(24-12(4)21)8-14(23-11(3)20)10(2)16(19)17(13)25-18(9)22/h9,13-15,17H,6-8H2,1-5H3. The van der Waals surface area contributed by atoms with E-state index in [1.165, 1.54) is 13.8 Å². The Kier molecular flexibility index (Phi) is 4.41. The van der Waals surface area contributed by atoms with Gasteiger partial charge in [-0.3, -0.25) is 14.4 Å². The number of hydrogen-bond acceptors (Lipinski definition) is 6. The third kappa shape index (κ3) is 2.85. The molecule has 0 spiro atoms. The van der Waals surface area contributed by atoms with Crippen molar-refractivity contribution in [3.63, 3.8) is 0 Å². The lowest BCUT2D eigenvalue weighted by molar-refractivity contribution is -0.162. The Morgan fingerprint density at radius 1 is 1.20 bits per heavy atom. The zero-order valence-electron chi connectivity index (χ0n) is 15.5. The van der Waals surface area contributed by atoms with Gasteiger partial charge in [-0.25, -0.2) is 0 Å². The summed E-state index contributed by atoms with van der Waals surface area (Å²) in [5.74, 6) is -0.932. The van der Waals surface area contributed by atoms with Crippen molar-refractivity contribution >= 4 is 17.9 Å². The lowest BCUT2D eigenvalue weighted by Crippen LogP contribution is -2.52.